The van der Waals surface area contributed by atoms with Crippen molar-refractivity contribution >= 4 is 46.6 Å². The monoisotopic (exact) mass is 501 g/mol. The minimum absolute atomic E-state index is 0.295. The Labute approximate surface area is 200 Å². The first-order chi connectivity index (χ1) is 15.0. The fourth-order valence-electron chi connectivity index (χ4n) is 2.74. The van der Waals surface area contributed by atoms with E-state index in [0.717, 1.165) is 35.0 Å². The van der Waals surface area contributed by atoms with E-state index >= 15 is 0 Å². The van der Waals surface area contributed by atoms with Crippen LogP contribution in [0.25, 0.3) is 0 Å². The molecule has 0 aliphatic heterocycles. The van der Waals surface area contributed by atoms with E-state index in [9.17, 15) is 0 Å². The molecular weight excluding hydrogens is 481 g/mol. The van der Waals surface area contributed by atoms with E-state index < -0.39 is 0 Å². The van der Waals surface area contributed by atoms with Crippen LogP contribution in [0.2, 0.25) is 15.1 Å². The summed E-state index contributed by atoms with van der Waals surface area (Å²) in [6.07, 6.45) is 0.979. The fraction of sp³-hybridized carbons (Fsp3) is 0.350. The molecular formula is C20H22Cl3N5O2S. The molecule has 166 valence electrons. The minimum atomic E-state index is 0.295. The van der Waals surface area contributed by atoms with Crippen LogP contribution in [-0.4, -0.2) is 39.6 Å². The van der Waals surface area contributed by atoms with Crippen LogP contribution in [0.3, 0.4) is 0 Å². The summed E-state index contributed by atoms with van der Waals surface area (Å²) < 4.78 is 13.0. The Morgan fingerprint density at radius 1 is 1.06 bits per heavy atom. The number of aryl methyl sites for hydroxylation is 1. The van der Waals surface area contributed by atoms with Crippen molar-refractivity contribution in [1.82, 2.24) is 25.5 Å². The van der Waals surface area contributed by atoms with Gasteiger partial charge in [-0.3, -0.25) is 0 Å². The van der Waals surface area contributed by atoms with Crippen LogP contribution in [0.5, 0.6) is 11.5 Å². The molecule has 11 heteroatoms. The van der Waals surface area contributed by atoms with Crippen molar-refractivity contribution in [2.24, 2.45) is 7.05 Å². The highest BCUT2D eigenvalue weighted by atomic mass is 35.5. The number of hydrogen-bond acceptors (Lipinski definition) is 7. The van der Waals surface area contributed by atoms with Crippen molar-refractivity contribution in [3.63, 3.8) is 0 Å². The molecule has 0 aliphatic carbocycles. The topological polar surface area (TPSA) is 74.1 Å². The maximum atomic E-state index is 6.47. The van der Waals surface area contributed by atoms with Crippen molar-refractivity contribution in [2.75, 3.05) is 19.4 Å². The maximum absolute atomic E-state index is 6.47. The quantitative estimate of drug-likeness (QED) is 0.291. The van der Waals surface area contributed by atoms with Gasteiger partial charge in [0.2, 0.25) is 5.16 Å². The summed E-state index contributed by atoms with van der Waals surface area (Å²) >= 11 is 20.1. The Bertz CT molecular complexity index is 1020. The SMILES string of the molecule is COc1cc(CNCCCSc2nnnn2C)cc(Cl)c1OCc1ccc(Cl)c(Cl)c1. The van der Waals surface area contributed by atoms with Crippen LogP contribution in [0.15, 0.2) is 35.5 Å². The molecule has 0 unspecified atom stereocenters. The number of ether oxygens (including phenoxy) is 2. The number of benzene rings is 2. The van der Waals surface area contributed by atoms with Crippen LogP contribution in [0.4, 0.5) is 0 Å². The highest BCUT2D eigenvalue weighted by Crippen LogP contribution is 2.37. The summed E-state index contributed by atoms with van der Waals surface area (Å²) in [7, 11) is 3.42. The first-order valence-corrected chi connectivity index (χ1v) is 11.6. The second-order valence-electron chi connectivity index (χ2n) is 6.61. The number of nitrogens with one attached hydrogen (secondary N) is 1. The number of rotatable bonds is 11. The van der Waals surface area contributed by atoms with Gasteiger partial charge in [0.15, 0.2) is 11.5 Å². The summed E-state index contributed by atoms with van der Waals surface area (Å²) in [4.78, 5) is 0. The Morgan fingerprint density at radius 3 is 2.58 bits per heavy atom. The van der Waals surface area contributed by atoms with E-state index in [-0.39, 0.29) is 0 Å². The zero-order valence-electron chi connectivity index (χ0n) is 17.1. The third-order valence-corrected chi connectivity index (χ3v) is 6.41. The van der Waals surface area contributed by atoms with E-state index in [0.29, 0.717) is 39.7 Å². The Morgan fingerprint density at radius 2 is 1.87 bits per heavy atom. The molecule has 0 saturated heterocycles. The summed E-state index contributed by atoms with van der Waals surface area (Å²) in [5.41, 5.74) is 1.89. The van der Waals surface area contributed by atoms with E-state index in [4.69, 9.17) is 44.3 Å². The number of hydrogen-bond donors (Lipinski definition) is 1. The predicted molar refractivity (Wildman–Crippen MR) is 125 cm³/mol. The van der Waals surface area contributed by atoms with Crippen LogP contribution in [-0.2, 0) is 20.2 Å². The molecule has 0 fully saturated rings. The normalized spacial score (nSPS) is 11.0. The summed E-state index contributed by atoms with van der Waals surface area (Å²) in [5.74, 6) is 2.00. The van der Waals surface area contributed by atoms with Gasteiger partial charge in [0.1, 0.15) is 6.61 Å². The van der Waals surface area contributed by atoms with Gasteiger partial charge in [-0.25, -0.2) is 4.68 Å². The fourth-order valence-corrected chi connectivity index (χ4v) is 4.13. The zero-order valence-corrected chi connectivity index (χ0v) is 20.2. The van der Waals surface area contributed by atoms with Crippen LogP contribution in [0, 0.1) is 0 Å². The van der Waals surface area contributed by atoms with Gasteiger partial charge in [-0.15, -0.1) is 5.10 Å². The van der Waals surface area contributed by atoms with Crippen LogP contribution < -0.4 is 14.8 Å². The number of nitrogens with zero attached hydrogens (tertiary/aromatic N) is 4. The molecule has 0 spiro atoms. The molecule has 7 nitrogen and oxygen atoms in total. The average Bonchev–Trinajstić information content (AvgIpc) is 3.16. The molecule has 0 radical (unpaired) electrons. The Kier molecular flexibility index (Phi) is 9.10. The van der Waals surface area contributed by atoms with Gasteiger partial charge in [-0.05, 0) is 58.8 Å². The molecule has 31 heavy (non-hydrogen) atoms. The van der Waals surface area contributed by atoms with Crippen molar-refractivity contribution in [2.45, 2.75) is 24.7 Å². The summed E-state index contributed by atoms with van der Waals surface area (Å²) in [5, 5.41) is 17.1. The van der Waals surface area contributed by atoms with Gasteiger partial charge < -0.3 is 14.8 Å². The van der Waals surface area contributed by atoms with E-state index in [1.54, 1.807) is 35.7 Å². The van der Waals surface area contributed by atoms with Gasteiger partial charge in [-0.1, -0.05) is 52.6 Å². The molecule has 0 bridgehead atoms. The lowest BCUT2D eigenvalue weighted by molar-refractivity contribution is 0.284. The minimum Gasteiger partial charge on any atom is -0.493 e. The van der Waals surface area contributed by atoms with Crippen molar-refractivity contribution in [1.29, 1.82) is 0 Å². The Hall–Kier alpha value is -1.71. The smallest absolute Gasteiger partial charge is 0.209 e. The molecule has 0 amide bonds. The van der Waals surface area contributed by atoms with Gasteiger partial charge in [0.25, 0.3) is 0 Å². The number of thioether (sulfide) groups is 1. The first kappa shape index (κ1) is 23.9. The van der Waals surface area contributed by atoms with Gasteiger partial charge in [-0.2, -0.15) is 0 Å². The number of halogens is 3. The van der Waals surface area contributed by atoms with E-state index in [1.165, 1.54) is 0 Å². The highest BCUT2D eigenvalue weighted by Gasteiger charge is 2.13. The highest BCUT2D eigenvalue weighted by molar-refractivity contribution is 7.99. The number of aromatic nitrogens is 4. The lowest BCUT2D eigenvalue weighted by atomic mass is 10.2. The van der Waals surface area contributed by atoms with Gasteiger partial charge in [0.05, 0.1) is 22.2 Å². The second-order valence-corrected chi connectivity index (χ2v) is 8.89. The molecule has 3 rings (SSSR count). The third-order valence-electron chi connectivity index (χ3n) is 4.30. The second kappa shape index (κ2) is 11.8. The zero-order chi connectivity index (χ0) is 22.2. The summed E-state index contributed by atoms with van der Waals surface area (Å²) in [6.45, 7) is 1.82. The van der Waals surface area contributed by atoms with Crippen molar-refractivity contribution < 1.29 is 9.47 Å². The third kappa shape index (κ3) is 6.89. The molecule has 1 heterocycles. The van der Waals surface area contributed by atoms with Crippen LogP contribution in [0.1, 0.15) is 17.5 Å². The molecule has 0 atom stereocenters. The average molecular weight is 503 g/mol. The van der Waals surface area contributed by atoms with Crippen LogP contribution >= 0.6 is 46.6 Å². The number of methoxy groups -OCH3 is 1. The van der Waals surface area contributed by atoms with Gasteiger partial charge in [0, 0.05) is 19.3 Å². The summed E-state index contributed by atoms with van der Waals surface area (Å²) in [6, 6.07) is 9.15. The first-order valence-electron chi connectivity index (χ1n) is 9.47. The molecule has 3 aromatic rings. The molecule has 0 aliphatic rings. The maximum Gasteiger partial charge on any atom is 0.209 e. The molecule has 2 aromatic carbocycles. The number of tetrazole rings is 1. The lowest BCUT2D eigenvalue weighted by Crippen LogP contribution is -2.15. The standard InChI is InChI=1S/C20H22Cl3N5O2S/c1-28-20(25-26-27-28)31-7-3-6-24-11-14-9-17(23)19(18(10-14)29-2)30-12-13-4-5-15(21)16(22)8-13/h4-5,8-10,24H,3,6-7,11-12H2,1-2H3. The Balaban J connectivity index is 1.50. The molecule has 1 aromatic heterocycles. The van der Waals surface area contributed by atoms with E-state index in [2.05, 4.69) is 20.8 Å². The predicted octanol–water partition coefficient (Wildman–Crippen LogP) is 5.03. The van der Waals surface area contributed by atoms with E-state index in [1.807, 2.05) is 25.2 Å². The molecule has 0 saturated carbocycles. The van der Waals surface area contributed by atoms with Crippen molar-refractivity contribution in [3.8, 4) is 11.5 Å². The lowest BCUT2D eigenvalue weighted by Gasteiger charge is -2.15. The largest absolute Gasteiger partial charge is 0.493 e. The van der Waals surface area contributed by atoms with Crippen molar-refractivity contribution in [3.05, 3.63) is 56.5 Å². The van der Waals surface area contributed by atoms with Gasteiger partial charge >= 0.3 is 0 Å². The molecule has 1 N–H and O–H groups in total.